The fraction of sp³-hybridized carbons (Fsp3) is 0.500. The molecule has 0 aromatic heterocycles. The summed E-state index contributed by atoms with van der Waals surface area (Å²) in [5, 5.41) is 10.9. The second kappa shape index (κ2) is 6.15. The molecular formula is C12H17FN4O4S. The zero-order chi connectivity index (χ0) is 16.5. The van der Waals surface area contributed by atoms with Gasteiger partial charge in [0.05, 0.1) is 4.92 Å². The number of nitrogen functional groups attached to an aromatic ring is 1. The first kappa shape index (κ1) is 16.6. The van der Waals surface area contributed by atoms with Crippen molar-refractivity contribution >= 4 is 21.4 Å². The number of hydrogen-bond donors (Lipinski definition) is 1. The van der Waals surface area contributed by atoms with E-state index >= 15 is 0 Å². The van der Waals surface area contributed by atoms with Gasteiger partial charge >= 0.3 is 0 Å². The van der Waals surface area contributed by atoms with E-state index in [9.17, 15) is 22.9 Å². The number of anilines is 1. The van der Waals surface area contributed by atoms with Crippen molar-refractivity contribution in [2.75, 3.05) is 39.0 Å². The van der Waals surface area contributed by atoms with Crippen molar-refractivity contribution in [1.29, 1.82) is 0 Å². The third kappa shape index (κ3) is 3.18. The molecule has 10 heteroatoms. The van der Waals surface area contributed by atoms with E-state index in [0.717, 1.165) is 10.8 Å². The molecule has 0 spiro atoms. The van der Waals surface area contributed by atoms with Crippen LogP contribution in [0.1, 0.15) is 6.42 Å². The predicted octanol–water partition coefficient (Wildman–Crippen LogP) is 0.642. The molecule has 1 saturated heterocycles. The number of nitrogens with two attached hydrogens (primary N) is 1. The molecule has 2 N–H and O–H groups in total. The van der Waals surface area contributed by atoms with E-state index in [2.05, 4.69) is 0 Å². The minimum Gasteiger partial charge on any atom is -0.393 e. The number of rotatable bonds is 3. The Morgan fingerprint density at radius 2 is 1.95 bits per heavy atom. The molecule has 8 nitrogen and oxygen atoms in total. The largest absolute Gasteiger partial charge is 0.393 e. The van der Waals surface area contributed by atoms with Crippen LogP contribution in [0.3, 0.4) is 0 Å². The lowest BCUT2D eigenvalue weighted by atomic mass is 10.2. The summed E-state index contributed by atoms with van der Waals surface area (Å²) in [4.78, 5) is 11.3. The van der Waals surface area contributed by atoms with E-state index in [4.69, 9.17) is 5.73 Å². The molecule has 0 saturated carbocycles. The number of halogens is 1. The zero-order valence-corrected chi connectivity index (χ0v) is 12.8. The van der Waals surface area contributed by atoms with Gasteiger partial charge in [0.25, 0.3) is 5.69 Å². The molecule has 1 aliphatic heterocycles. The Morgan fingerprint density at radius 3 is 2.59 bits per heavy atom. The van der Waals surface area contributed by atoms with Crippen molar-refractivity contribution in [2.24, 2.45) is 0 Å². The quantitative estimate of drug-likeness (QED) is 0.494. The monoisotopic (exact) mass is 332 g/mol. The molecule has 0 amide bonds. The highest BCUT2D eigenvalue weighted by atomic mass is 32.2. The Kier molecular flexibility index (Phi) is 4.63. The van der Waals surface area contributed by atoms with Gasteiger partial charge in [-0.15, -0.1) is 0 Å². The number of sulfonamides is 1. The second-order valence-corrected chi connectivity index (χ2v) is 7.07. The van der Waals surface area contributed by atoms with Crippen molar-refractivity contribution in [1.82, 2.24) is 9.21 Å². The Morgan fingerprint density at radius 1 is 1.27 bits per heavy atom. The molecule has 0 unspecified atom stereocenters. The third-order valence-corrected chi connectivity index (χ3v) is 5.49. The standard InChI is InChI=1S/C12H17FN4O4S/c1-15-3-2-4-16(6-5-15)22(20,21)12-8-11(17(18)19)10(14)7-9(12)13/h7-8H,2-6,14H2,1H3. The summed E-state index contributed by atoms with van der Waals surface area (Å²) in [5.41, 5.74) is 4.34. The van der Waals surface area contributed by atoms with Gasteiger partial charge in [-0.05, 0) is 20.0 Å². The SMILES string of the molecule is CN1CCCN(S(=O)(=O)c2cc([N+](=O)[O-])c(N)cc2F)CC1. The van der Waals surface area contributed by atoms with Gasteiger partial charge in [-0.2, -0.15) is 4.31 Å². The van der Waals surface area contributed by atoms with Gasteiger partial charge in [-0.1, -0.05) is 0 Å². The maximum absolute atomic E-state index is 14.0. The van der Waals surface area contributed by atoms with E-state index in [1.54, 1.807) is 0 Å². The first-order valence-corrected chi connectivity index (χ1v) is 8.09. The minimum absolute atomic E-state index is 0.205. The molecule has 1 fully saturated rings. The van der Waals surface area contributed by atoms with E-state index in [-0.39, 0.29) is 13.1 Å². The minimum atomic E-state index is -4.14. The molecule has 2 rings (SSSR count). The van der Waals surface area contributed by atoms with Crippen molar-refractivity contribution in [3.63, 3.8) is 0 Å². The molecule has 1 aromatic rings. The van der Waals surface area contributed by atoms with Crippen LogP contribution in [0, 0.1) is 15.9 Å². The Bertz CT molecular complexity index is 695. The average Bonchev–Trinajstić information content (AvgIpc) is 2.63. The molecule has 0 aliphatic carbocycles. The summed E-state index contributed by atoms with van der Waals surface area (Å²) in [7, 11) is -2.27. The first-order valence-electron chi connectivity index (χ1n) is 6.65. The lowest BCUT2D eigenvalue weighted by Gasteiger charge is -2.20. The molecule has 1 aromatic carbocycles. The molecule has 0 atom stereocenters. The van der Waals surface area contributed by atoms with Crippen LogP contribution < -0.4 is 5.73 Å². The molecule has 122 valence electrons. The number of benzene rings is 1. The normalized spacial score (nSPS) is 18.1. The zero-order valence-electron chi connectivity index (χ0n) is 12.0. The van der Waals surface area contributed by atoms with Gasteiger partial charge in [0.1, 0.15) is 16.4 Å². The van der Waals surface area contributed by atoms with Crippen LogP contribution in [-0.2, 0) is 10.0 Å². The molecule has 22 heavy (non-hydrogen) atoms. The number of nitro benzene ring substituents is 1. The van der Waals surface area contributed by atoms with Crippen LogP contribution in [0.5, 0.6) is 0 Å². The predicted molar refractivity (Wildman–Crippen MR) is 78.3 cm³/mol. The summed E-state index contributed by atoms with van der Waals surface area (Å²) < 4.78 is 40.3. The van der Waals surface area contributed by atoms with Crippen molar-refractivity contribution in [3.8, 4) is 0 Å². The van der Waals surface area contributed by atoms with Crippen LogP contribution in [0.2, 0.25) is 0 Å². The lowest BCUT2D eigenvalue weighted by Crippen LogP contribution is -2.35. The number of likely N-dealkylation sites (N-methyl/N-ethyl adjacent to an activating group) is 1. The number of nitrogens with zero attached hydrogens (tertiary/aromatic N) is 3. The van der Waals surface area contributed by atoms with Crippen LogP contribution in [0.15, 0.2) is 17.0 Å². The molecule has 0 radical (unpaired) electrons. The third-order valence-electron chi connectivity index (χ3n) is 3.57. The lowest BCUT2D eigenvalue weighted by molar-refractivity contribution is -0.384. The second-order valence-electron chi connectivity index (χ2n) is 5.16. The van der Waals surface area contributed by atoms with Crippen molar-refractivity contribution < 1.29 is 17.7 Å². The summed E-state index contributed by atoms with van der Waals surface area (Å²) in [6.45, 7) is 1.69. The fourth-order valence-electron chi connectivity index (χ4n) is 2.32. The van der Waals surface area contributed by atoms with Crippen LogP contribution in [-0.4, -0.2) is 55.8 Å². The Labute approximate surface area is 127 Å². The van der Waals surface area contributed by atoms with Gasteiger partial charge in [-0.3, -0.25) is 10.1 Å². The van der Waals surface area contributed by atoms with Crippen LogP contribution in [0.25, 0.3) is 0 Å². The van der Waals surface area contributed by atoms with Gasteiger partial charge in [-0.25, -0.2) is 12.8 Å². The fourth-order valence-corrected chi connectivity index (χ4v) is 3.85. The van der Waals surface area contributed by atoms with Gasteiger partial charge < -0.3 is 10.6 Å². The van der Waals surface area contributed by atoms with Crippen LogP contribution in [0.4, 0.5) is 15.8 Å². The molecule has 0 bridgehead atoms. The summed E-state index contributed by atoms with van der Waals surface area (Å²) in [5.74, 6) is -1.08. The maximum atomic E-state index is 14.0. The maximum Gasteiger partial charge on any atom is 0.293 e. The van der Waals surface area contributed by atoms with Gasteiger partial charge in [0.15, 0.2) is 0 Å². The highest BCUT2D eigenvalue weighted by molar-refractivity contribution is 7.89. The van der Waals surface area contributed by atoms with Crippen molar-refractivity contribution in [3.05, 3.63) is 28.1 Å². The average molecular weight is 332 g/mol. The van der Waals surface area contributed by atoms with Crippen LogP contribution >= 0.6 is 0 Å². The summed E-state index contributed by atoms with van der Waals surface area (Å²) in [6, 6.07) is 1.36. The van der Waals surface area contributed by atoms with E-state index < -0.39 is 37.0 Å². The smallest absolute Gasteiger partial charge is 0.293 e. The van der Waals surface area contributed by atoms with Gasteiger partial charge in [0.2, 0.25) is 10.0 Å². The Balaban J connectivity index is 2.45. The topological polar surface area (TPSA) is 110 Å². The van der Waals surface area contributed by atoms with E-state index in [1.807, 2.05) is 11.9 Å². The molecule has 1 aliphatic rings. The molecular weight excluding hydrogens is 315 g/mol. The van der Waals surface area contributed by atoms with Gasteiger partial charge in [0, 0.05) is 31.8 Å². The molecule has 1 heterocycles. The summed E-state index contributed by atoms with van der Waals surface area (Å²) >= 11 is 0. The van der Waals surface area contributed by atoms with E-state index in [1.165, 1.54) is 0 Å². The Hall–Kier alpha value is -1.78. The first-order chi connectivity index (χ1) is 10.2. The number of nitro groups is 1. The summed E-state index contributed by atoms with van der Waals surface area (Å²) in [6.07, 6.45) is 0.606. The highest BCUT2D eigenvalue weighted by Crippen LogP contribution is 2.29. The highest BCUT2D eigenvalue weighted by Gasteiger charge is 2.31. The van der Waals surface area contributed by atoms with E-state index in [0.29, 0.717) is 25.1 Å². The number of hydrogen-bond acceptors (Lipinski definition) is 6. The van der Waals surface area contributed by atoms with Crippen molar-refractivity contribution in [2.45, 2.75) is 11.3 Å².